The number of amides is 2. The largest absolute Gasteiger partial charge is 0.493 e. The van der Waals surface area contributed by atoms with E-state index in [-0.39, 0.29) is 38.4 Å². The van der Waals surface area contributed by atoms with Crippen molar-refractivity contribution in [2.24, 2.45) is 0 Å². The van der Waals surface area contributed by atoms with Gasteiger partial charge in [0.15, 0.2) is 0 Å². The number of rotatable bonds is 5. The van der Waals surface area contributed by atoms with E-state index >= 15 is 0 Å². The summed E-state index contributed by atoms with van der Waals surface area (Å²) in [6.45, 7) is 0.0614. The zero-order chi connectivity index (χ0) is 26.8. The maximum atomic E-state index is 14.2. The number of ether oxygens (including phenoxy) is 1. The zero-order valence-electron chi connectivity index (χ0n) is 20.2. The molecule has 202 valence electrons. The van der Waals surface area contributed by atoms with Crippen molar-refractivity contribution in [3.63, 3.8) is 0 Å². The van der Waals surface area contributed by atoms with Crippen molar-refractivity contribution < 1.29 is 37.0 Å². The highest BCUT2D eigenvalue weighted by Gasteiger charge is 2.30. The summed E-state index contributed by atoms with van der Waals surface area (Å²) in [5.74, 6) is -1.00. The van der Waals surface area contributed by atoms with E-state index < -0.39 is 35.6 Å². The molecule has 0 aliphatic carbocycles. The molecule has 2 amide bonds. The summed E-state index contributed by atoms with van der Waals surface area (Å²) in [7, 11) is 0. The Kier molecular flexibility index (Phi) is 10.3. The lowest BCUT2D eigenvalue weighted by Gasteiger charge is -2.25. The normalized spacial score (nSPS) is 18.9. The van der Waals surface area contributed by atoms with Crippen LogP contribution >= 0.6 is 0 Å². The molecule has 0 saturated heterocycles. The minimum atomic E-state index is -4.47. The highest BCUT2D eigenvalue weighted by atomic mass is 19.4. The average molecular weight is 526 g/mol. The number of benzene rings is 2. The van der Waals surface area contributed by atoms with Crippen molar-refractivity contribution in [2.45, 2.75) is 57.0 Å². The molecule has 1 aliphatic heterocycles. The third-order valence-corrected chi connectivity index (χ3v) is 5.90. The smallest absolute Gasteiger partial charge is 0.416 e. The molecule has 0 aromatic heterocycles. The lowest BCUT2D eigenvalue weighted by Crippen LogP contribution is -2.51. The number of aliphatic hydroxyl groups excluding tert-OH is 1. The summed E-state index contributed by atoms with van der Waals surface area (Å²) < 4.78 is 58.7. The number of fused-ring (bicyclic) bond motifs is 2. The van der Waals surface area contributed by atoms with E-state index in [2.05, 4.69) is 16.0 Å². The van der Waals surface area contributed by atoms with E-state index in [4.69, 9.17) is 4.74 Å². The second-order valence-electron chi connectivity index (χ2n) is 9.01. The summed E-state index contributed by atoms with van der Waals surface area (Å²) in [6.07, 6.45) is -3.29. The van der Waals surface area contributed by atoms with Gasteiger partial charge >= 0.3 is 6.18 Å². The van der Waals surface area contributed by atoms with Gasteiger partial charge in [-0.2, -0.15) is 13.2 Å². The van der Waals surface area contributed by atoms with Crippen LogP contribution in [0.4, 0.5) is 17.6 Å². The van der Waals surface area contributed by atoms with Gasteiger partial charge in [-0.1, -0.05) is 18.2 Å². The third-order valence-electron chi connectivity index (χ3n) is 5.90. The van der Waals surface area contributed by atoms with Crippen LogP contribution in [0, 0.1) is 5.82 Å². The van der Waals surface area contributed by atoms with Crippen molar-refractivity contribution in [2.75, 3.05) is 19.7 Å². The van der Waals surface area contributed by atoms with Gasteiger partial charge in [0.2, 0.25) is 11.8 Å². The standard InChI is InChI=1S/C26H31F4N3O4/c27-20-10-18-11-21(13-20)37-8-3-1-2-7-24(35)32-16-25(36)33-22(12-18)23(34)15-31-14-17-5-4-6-19(9-17)26(28,29)30/h4-6,9-11,13,22-23,31,34H,1-3,7-8,12,14-16H2,(H,32,35)(H,33,36). The number of hydrogen-bond donors (Lipinski definition) is 4. The summed E-state index contributed by atoms with van der Waals surface area (Å²) >= 11 is 0. The van der Waals surface area contributed by atoms with Gasteiger partial charge in [-0.3, -0.25) is 9.59 Å². The van der Waals surface area contributed by atoms with Gasteiger partial charge in [-0.25, -0.2) is 4.39 Å². The van der Waals surface area contributed by atoms with E-state index in [1.165, 1.54) is 24.3 Å². The number of halogens is 4. The fourth-order valence-corrected chi connectivity index (χ4v) is 4.00. The Morgan fingerprint density at radius 3 is 2.68 bits per heavy atom. The van der Waals surface area contributed by atoms with E-state index in [0.29, 0.717) is 36.3 Å². The van der Waals surface area contributed by atoms with Gasteiger partial charge in [0.25, 0.3) is 0 Å². The van der Waals surface area contributed by atoms with Crippen molar-refractivity contribution in [3.05, 3.63) is 65.0 Å². The van der Waals surface area contributed by atoms with Crippen LogP contribution in [0.25, 0.3) is 0 Å². The first-order valence-corrected chi connectivity index (χ1v) is 12.1. The molecule has 1 aliphatic rings. The summed E-state index contributed by atoms with van der Waals surface area (Å²) in [5.41, 5.74) is 0.0790. The number of aliphatic hydroxyl groups is 1. The van der Waals surface area contributed by atoms with Gasteiger partial charge in [0.1, 0.15) is 11.6 Å². The van der Waals surface area contributed by atoms with Crippen LogP contribution in [0.15, 0.2) is 42.5 Å². The molecule has 0 radical (unpaired) electrons. The van der Waals surface area contributed by atoms with Crippen LogP contribution in [0.5, 0.6) is 5.75 Å². The Morgan fingerprint density at radius 2 is 1.89 bits per heavy atom. The minimum Gasteiger partial charge on any atom is -0.493 e. The quantitative estimate of drug-likeness (QED) is 0.450. The highest BCUT2D eigenvalue weighted by molar-refractivity contribution is 5.84. The molecule has 2 bridgehead atoms. The van der Waals surface area contributed by atoms with Crippen molar-refractivity contribution >= 4 is 11.8 Å². The molecule has 1 heterocycles. The Bertz CT molecular complexity index is 1060. The molecule has 2 unspecified atom stereocenters. The summed E-state index contributed by atoms with van der Waals surface area (Å²) in [5, 5.41) is 18.9. The van der Waals surface area contributed by atoms with Crippen LogP contribution in [-0.2, 0) is 28.7 Å². The average Bonchev–Trinajstić information content (AvgIpc) is 2.83. The molecule has 3 rings (SSSR count). The first-order chi connectivity index (χ1) is 17.6. The van der Waals surface area contributed by atoms with Crippen LogP contribution in [0.3, 0.4) is 0 Å². The Labute approximate surface area is 212 Å². The molecule has 4 N–H and O–H groups in total. The number of carbonyl (C=O) groups is 2. The van der Waals surface area contributed by atoms with Crippen LogP contribution < -0.4 is 20.7 Å². The molecule has 0 spiro atoms. The summed E-state index contributed by atoms with van der Waals surface area (Å²) in [4.78, 5) is 24.5. The maximum Gasteiger partial charge on any atom is 0.416 e. The molecular weight excluding hydrogens is 494 g/mol. The van der Waals surface area contributed by atoms with Gasteiger partial charge in [0.05, 0.1) is 30.9 Å². The number of alkyl halides is 3. The topological polar surface area (TPSA) is 99.7 Å². The first-order valence-electron chi connectivity index (χ1n) is 12.1. The molecule has 11 heteroatoms. The van der Waals surface area contributed by atoms with Crippen LogP contribution in [-0.4, -0.2) is 48.8 Å². The van der Waals surface area contributed by atoms with E-state index in [9.17, 15) is 32.3 Å². The second kappa shape index (κ2) is 13.4. The van der Waals surface area contributed by atoms with Crippen molar-refractivity contribution in [3.8, 4) is 5.75 Å². The fraction of sp³-hybridized carbons (Fsp3) is 0.462. The van der Waals surface area contributed by atoms with E-state index in [0.717, 1.165) is 18.6 Å². The lowest BCUT2D eigenvalue weighted by atomic mass is 10.00. The number of hydrogen-bond acceptors (Lipinski definition) is 5. The SMILES string of the molecule is O=C1CCCCCOc2cc(F)cc(c2)CC(C(O)CNCc2cccc(C(F)(F)F)c2)NC(=O)CN1. The lowest BCUT2D eigenvalue weighted by molar-refractivity contribution is -0.137. The monoisotopic (exact) mass is 525 g/mol. The molecule has 7 nitrogen and oxygen atoms in total. The highest BCUT2D eigenvalue weighted by Crippen LogP contribution is 2.29. The molecule has 0 saturated carbocycles. The Hall–Kier alpha value is -3.18. The molecule has 2 aromatic rings. The first kappa shape index (κ1) is 28.4. The van der Waals surface area contributed by atoms with Gasteiger partial charge in [-0.15, -0.1) is 0 Å². The van der Waals surface area contributed by atoms with Gasteiger partial charge < -0.3 is 25.8 Å². The summed E-state index contributed by atoms with van der Waals surface area (Å²) in [6, 6.07) is 8.11. The Balaban J connectivity index is 1.70. The predicted octanol–water partition coefficient (Wildman–Crippen LogP) is 3.09. The third kappa shape index (κ3) is 9.66. The van der Waals surface area contributed by atoms with E-state index in [1.54, 1.807) is 6.07 Å². The fourth-order valence-electron chi connectivity index (χ4n) is 4.00. The van der Waals surface area contributed by atoms with Gasteiger partial charge in [0, 0.05) is 25.6 Å². The maximum absolute atomic E-state index is 14.2. The zero-order valence-corrected chi connectivity index (χ0v) is 20.2. The molecular formula is C26H31F4N3O4. The van der Waals surface area contributed by atoms with Crippen molar-refractivity contribution in [1.29, 1.82) is 0 Å². The van der Waals surface area contributed by atoms with Crippen molar-refractivity contribution in [1.82, 2.24) is 16.0 Å². The Morgan fingerprint density at radius 1 is 1.08 bits per heavy atom. The van der Waals surface area contributed by atoms with Crippen LogP contribution in [0.2, 0.25) is 0 Å². The minimum absolute atomic E-state index is 0.0512. The number of nitrogens with one attached hydrogen (secondary N) is 3. The number of carbonyl (C=O) groups excluding carboxylic acids is 2. The van der Waals surface area contributed by atoms with E-state index in [1.807, 2.05) is 0 Å². The van der Waals surface area contributed by atoms with Gasteiger partial charge in [-0.05, 0) is 55.0 Å². The molecule has 2 aromatic carbocycles. The molecule has 2 atom stereocenters. The second-order valence-corrected chi connectivity index (χ2v) is 9.01. The molecule has 37 heavy (non-hydrogen) atoms. The van der Waals surface area contributed by atoms with Crippen LogP contribution in [0.1, 0.15) is 42.4 Å². The predicted molar refractivity (Wildman–Crippen MR) is 128 cm³/mol. The molecule has 0 fully saturated rings.